The zero-order valence-corrected chi connectivity index (χ0v) is 17.8. The maximum atomic E-state index is 12.1. The summed E-state index contributed by atoms with van der Waals surface area (Å²) in [6.07, 6.45) is 0.651. The number of aromatic amines is 1. The summed E-state index contributed by atoms with van der Waals surface area (Å²) >= 11 is 1.34. The Morgan fingerprint density at radius 3 is 2.75 bits per heavy atom. The Hall–Kier alpha value is -1.82. The first-order valence-electron chi connectivity index (χ1n) is 9.67. The lowest BCUT2D eigenvalue weighted by Crippen LogP contribution is -2.43. The van der Waals surface area contributed by atoms with Crippen molar-refractivity contribution in [3.63, 3.8) is 0 Å². The van der Waals surface area contributed by atoms with Gasteiger partial charge in [0.15, 0.2) is 5.03 Å². The molecule has 1 aromatic rings. The van der Waals surface area contributed by atoms with Gasteiger partial charge in [0, 0.05) is 6.42 Å². The topological polar surface area (TPSA) is 85.9 Å². The molecule has 152 valence electrons. The molecule has 0 aromatic carbocycles. The van der Waals surface area contributed by atoms with Crippen molar-refractivity contribution in [2.45, 2.75) is 56.6 Å². The zero-order chi connectivity index (χ0) is 20.3. The van der Waals surface area contributed by atoms with Crippen LogP contribution in [0.2, 0.25) is 0 Å². The number of fused-ring (bicyclic) bond motifs is 1. The third kappa shape index (κ3) is 4.43. The molecule has 0 aliphatic carbocycles. The monoisotopic (exact) mass is 406 g/mol. The Morgan fingerprint density at radius 2 is 2.11 bits per heavy atom. The first-order chi connectivity index (χ1) is 13.4. The van der Waals surface area contributed by atoms with Gasteiger partial charge in [-0.2, -0.15) is 5.26 Å². The molecular formula is C20H28N3O4S+. The summed E-state index contributed by atoms with van der Waals surface area (Å²) in [6, 6.07) is 2.36. The Morgan fingerprint density at radius 1 is 1.39 bits per heavy atom. The number of nitrogens with zero attached hydrogens (tertiary/aromatic N) is 2. The largest absolute Gasteiger partial charge is 0.465 e. The number of hydrogen-bond acceptors (Lipinski definition) is 7. The highest BCUT2D eigenvalue weighted by atomic mass is 32.2. The number of nitrogens with one attached hydrogen (secondary N) is 1. The highest BCUT2D eigenvalue weighted by Crippen LogP contribution is 2.37. The van der Waals surface area contributed by atoms with Crippen LogP contribution in [-0.2, 0) is 32.0 Å². The van der Waals surface area contributed by atoms with Crippen LogP contribution in [0, 0.1) is 11.3 Å². The number of aromatic nitrogens is 1. The normalized spacial score (nSPS) is 19.5. The van der Waals surface area contributed by atoms with E-state index in [0.717, 1.165) is 30.0 Å². The van der Waals surface area contributed by atoms with E-state index in [2.05, 4.69) is 16.0 Å². The van der Waals surface area contributed by atoms with Gasteiger partial charge in [-0.05, 0) is 33.3 Å². The van der Waals surface area contributed by atoms with Crippen LogP contribution in [0.25, 0.3) is 0 Å². The molecule has 1 N–H and O–H groups in total. The molecule has 0 radical (unpaired) electrons. The van der Waals surface area contributed by atoms with Gasteiger partial charge < -0.3 is 14.2 Å². The van der Waals surface area contributed by atoms with Crippen molar-refractivity contribution in [2.24, 2.45) is 0 Å². The minimum absolute atomic E-state index is 0.279. The van der Waals surface area contributed by atoms with Crippen molar-refractivity contribution in [1.29, 1.82) is 5.26 Å². The predicted molar refractivity (Wildman–Crippen MR) is 105 cm³/mol. The molecule has 1 fully saturated rings. The Kier molecular flexibility index (Phi) is 6.48. The average molecular weight is 407 g/mol. The van der Waals surface area contributed by atoms with Crippen LogP contribution in [0.1, 0.15) is 44.4 Å². The van der Waals surface area contributed by atoms with E-state index in [1.165, 1.54) is 11.8 Å². The second-order valence-electron chi connectivity index (χ2n) is 7.58. The van der Waals surface area contributed by atoms with E-state index in [1.54, 1.807) is 13.8 Å². The molecule has 0 spiro atoms. The van der Waals surface area contributed by atoms with E-state index in [1.807, 2.05) is 13.8 Å². The summed E-state index contributed by atoms with van der Waals surface area (Å²) in [6.45, 7) is 11.3. The first kappa shape index (κ1) is 20.9. The molecule has 8 heteroatoms. The van der Waals surface area contributed by atoms with E-state index in [-0.39, 0.29) is 11.6 Å². The number of nitriles is 1. The molecule has 7 nitrogen and oxygen atoms in total. The van der Waals surface area contributed by atoms with Crippen LogP contribution in [-0.4, -0.2) is 49.7 Å². The van der Waals surface area contributed by atoms with Crippen molar-refractivity contribution in [3.8, 4) is 6.07 Å². The number of H-pyrrole nitrogens is 1. The number of rotatable bonds is 5. The molecule has 2 aliphatic heterocycles. The molecule has 0 saturated carbocycles. The fraction of sp³-hybridized carbons (Fsp3) is 0.650. The van der Waals surface area contributed by atoms with Crippen LogP contribution >= 0.6 is 11.8 Å². The molecule has 3 heterocycles. The SMILES string of the molecule is CCOC(=O)[C@@H](C)Sc1[nH+]c(N2CCOCC2)c2c(c1C#N)CC(C)(C)OC2. The second-order valence-corrected chi connectivity index (χ2v) is 8.93. The fourth-order valence-corrected chi connectivity index (χ4v) is 4.48. The van der Waals surface area contributed by atoms with Crippen molar-refractivity contribution in [2.75, 3.05) is 37.8 Å². The smallest absolute Gasteiger partial charge is 0.319 e. The lowest BCUT2D eigenvalue weighted by atomic mass is 9.89. The summed E-state index contributed by atoms with van der Waals surface area (Å²) < 4.78 is 16.7. The van der Waals surface area contributed by atoms with Crippen molar-refractivity contribution >= 4 is 23.5 Å². The third-order valence-electron chi connectivity index (χ3n) is 4.97. The van der Waals surface area contributed by atoms with Gasteiger partial charge in [-0.15, -0.1) is 0 Å². The van der Waals surface area contributed by atoms with Gasteiger partial charge in [0.05, 0.1) is 37.6 Å². The molecule has 1 aromatic heterocycles. The number of ether oxygens (including phenoxy) is 3. The summed E-state index contributed by atoms with van der Waals surface area (Å²) in [5.41, 5.74) is 2.31. The molecule has 1 saturated heterocycles. The number of carbonyl (C=O) groups is 1. The number of carbonyl (C=O) groups excluding carboxylic acids is 1. The lowest BCUT2D eigenvalue weighted by Gasteiger charge is -2.34. The van der Waals surface area contributed by atoms with Gasteiger partial charge in [-0.25, -0.2) is 4.98 Å². The number of pyridine rings is 1. The van der Waals surface area contributed by atoms with E-state index in [9.17, 15) is 10.1 Å². The first-order valence-corrected chi connectivity index (χ1v) is 10.6. The molecule has 0 unspecified atom stereocenters. The maximum Gasteiger partial charge on any atom is 0.319 e. The van der Waals surface area contributed by atoms with E-state index in [0.29, 0.717) is 43.4 Å². The van der Waals surface area contributed by atoms with Gasteiger partial charge in [0.2, 0.25) is 0 Å². The molecule has 2 aliphatic rings. The Bertz CT molecular complexity index is 785. The average Bonchev–Trinajstić information content (AvgIpc) is 2.67. The van der Waals surface area contributed by atoms with Crippen molar-refractivity contribution in [1.82, 2.24) is 0 Å². The quantitative estimate of drug-likeness (QED) is 0.547. The lowest BCUT2D eigenvalue weighted by molar-refractivity contribution is -0.415. The summed E-state index contributed by atoms with van der Waals surface area (Å²) in [5.74, 6) is 0.686. The van der Waals surface area contributed by atoms with Crippen LogP contribution in [0.5, 0.6) is 0 Å². The molecule has 1 atom stereocenters. The molecular weight excluding hydrogens is 378 g/mol. The second kappa shape index (κ2) is 8.68. The highest BCUT2D eigenvalue weighted by Gasteiger charge is 2.37. The number of esters is 1. The van der Waals surface area contributed by atoms with Gasteiger partial charge in [-0.1, -0.05) is 11.8 Å². The number of thioether (sulfide) groups is 1. The fourth-order valence-electron chi connectivity index (χ4n) is 3.52. The Balaban J connectivity index is 2.05. The number of morpholine rings is 1. The summed E-state index contributed by atoms with van der Waals surface area (Å²) in [5, 5.41) is 10.2. The molecule has 0 amide bonds. The van der Waals surface area contributed by atoms with Crippen molar-refractivity contribution < 1.29 is 24.0 Å². The number of hydrogen-bond donors (Lipinski definition) is 0. The molecule has 0 bridgehead atoms. The minimum atomic E-state index is -0.410. The molecule has 3 rings (SSSR count). The van der Waals surface area contributed by atoms with Gasteiger partial charge in [-0.3, -0.25) is 9.69 Å². The van der Waals surface area contributed by atoms with Crippen molar-refractivity contribution in [3.05, 3.63) is 16.7 Å². The van der Waals surface area contributed by atoms with Crippen LogP contribution < -0.4 is 9.88 Å². The summed E-state index contributed by atoms with van der Waals surface area (Å²) in [4.78, 5) is 17.8. The Labute approximate surface area is 170 Å². The predicted octanol–water partition coefficient (Wildman–Crippen LogP) is 2.10. The summed E-state index contributed by atoms with van der Waals surface area (Å²) in [7, 11) is 0. The van der Waals surface area contributed by atoms with Crippen LogP contribution in [0.3, 0.4) is 0 Å². The standard InChI is InChI=1S/C20H27N3O4S/c1-5-26-19(24)13(2)28-18-15(11-21)14-10-20(3,4)27-12-16(14)17(22-18)23-6-8-25-9-7-23/h13H,5-10,12H2,1-4H3/p+1/t13-/m1/s1. The number of anilines is 1. The third-order valence-corrected chi connectivity index (χ3v) is 6.06. The minimum Gasteiger partial charge on any atom is -0.465 e. The van der Waals surface area contributed by atoms with E-state index in [4.69, 9.17) is 14.2 Å². The van der Waals surface area contributed by atoms with Gasteiger partial charge >= 0.3 is 5.97 Å². The van der Waals surface area contributed by atoms with E-state index < -0.39 is 5.25 Å². The van der Waals surface area contributed by atoms with E-state index >= 15 is 0 Å². The van der Waals surface area contributed by atoms with Gasteiger partial charge in [0.1, 0.15) is 30.0 Å². The molecule has 28 heavy (non-hydrogen) atoms. The maximum absolute atomic E-state index is 12.1. The zero-order valence-electron chi connectivity index (χ0n) is 17.0. The van der Waals surface area contributed by atoms with Crippen LogP contribution in [0.4, 0.5) is 5.82 Å². The highest BCUT2D eigenvalue weighted by molar-refractivity contribution is 8.00. The van der Waals surface area contributed by atoms with Crippen LogP contribution in [0.15, 0.2) is 5.03 Å². The van der Waals surface area contributed by atoms with Gasteiger partial charge in [0.25, 0.3) is 5.82 Å².